The van der Waals surface area contributed by atoms with E-state index in [9.17, 15) is 0 Å². The average molecular weight is 521 g/mol. The molecule has 2 aliphatic carbocycles. The molecule has 0 unspecified atom stereocenters. The minimum Gasteiger partial charge on any atom is -0.368 e. The number of hydrogen-bond acceptors (Lipinski definition) is 7. The summed E-state index contributed by atoms with van der Waals surface area (Å²) in [5, 5.41) is 17.1. The monoisotopic (exact) mass is 520 g/mol. The van der Waals surface area contributed by atoms with E-state index >= 15 is 0 Å². The molecule has 200 valence electrons. The molecule has 7 rings (SSSR count). The van der Waals surface area contributed by atoms with E-state index in [2.05, 4.69) is 79.0 Å². The first-order valence-corrected chi connectivity index (χ1v) is 14.5. The molecule has 0 spiro atoms. The summed E-state index contributed by atoms with van der Waals surface area (Å²) in [6, 6.07) is 18.0. The minimum absolute atomic E-state index is 0.291. The maximum absolute atomic E-state index is 6.30. The fourth-order valence-electron chi connectivity index (χ4n) is 6.72. The van der Waals surface area contributed by atoms with Crippen molar-refractivity contribution in [2.45, 2.75) is 70.3 Å². The van der Waals surface area contributed by atoms with Crippen LogP contribution in [0.2, 0.25) is 0 Å². The van der Waals surface area contributed by atoms with Gasteiger partial charge in [0.2, 0.25) is 11.9 Å². The molecular weight excluding hydrogens is 484 g/mol. The summed E-state index contributed by atoms with van der Waals surface area (Å²) in [5.41, 5.74) is 14.8. The highest BCUT2D eigenvalue weighted by Crippen LogP contribution is 2.32. The summed E-state index contributed by atoms with van der Waals surface area (Å²) >= 11 is 0. The molecule has 2 aromatic carbocycles. The molecule has 0 bridgehead atoms. The Balaban J connectivity index is 1.09. The molecule has 1 saturated carbocycles. The molecule has 8 nitrogen and oxygen atoms in total. The van der Waals surface area contributed by atoms with E-state index in [1.54, 1.807) is 4.68 Å². The zero-order chi connectivity index (χ0) is 26.2. The van der Waals surface area contributed by atoms with E-state index in [1.807, 2.05) is 0 Å². The molecule has 0 amide bonds. The lowest BCUT2D eigenvalue weighted by atomic mass is 9.96. The van der Waals surface area contributed by atoms with Gasteiger partial charge in [0.15, 0.2) is 5.82 Å². The summed E-state index contributed by atoms with van der Waals surface area (Å²) in [6.45, 7) is 2.37. The molecule has 1 aliphatic heterocycles. The fraction of sp³-hybridized carbons (Fsp3) is 0.419. The summed E-state index contributed by atoms with van der Waals surface area (Å²) < 4.78 is 1.58. The second-order valence-corrected chi connectivity index (χ2v) is 11.2. The molecule has 3 N–H and O–H groups in total. The molecule has 3 aliphatic rings. The lowest BCUT2D eigenvalue weighted by Crippen LogP contribution is -2.37. The van der Waals surface area contributed by atoms with Crippen LogP contribution in [0.5, 0.6) is 0 Å². The molecule has 3 heterocycles. The van der Waals surface area contributed by atoms with Crippen LogP contribution in [0.15, 0.2) is 48.5 Å². The van der Waals surface area contributed by atoms with Crippen LogP contribution in [0.25, 0.3) is 17.1 Å². The lowest BCUT2D eigenvalue weighted by Gasteiger charge is -2.31. The Morgan fingerprint density at radius 2 is 1.62 bits per heavy atom. The van der Waals surface area contributed by atoms with Gasteiger partial charge in [-0.2, -0.15) is 9.67 Å². The summed E-state index contributed by atoms with van der Waals surface area (Å²) in [6.07, 6.45) is 12.0. The average Bonchev–Trinajstić information content (AvgIpc) is 3.56. The van der Waals surface area contributed by atoms with Crippen molar-refractivity contribution in [2.24, 2.45) is 0 Å². The Hall–Kier alpha value is -3.78. The van der Waals surface area contributed by atoms with E-state index in [0.29, 0.717) is 17.7 Å². The Morgan fingerprint density at radius 1 is 0.769 bits per heavy atom. The number of rotatable bonds is 4. The van der Waals surface area contributed by atoms with Gasteiger partial charge in [-0.05, 0) is 98.4 Å². The van der Waals surface area contributed by atoms with Gasteiger partial charge in [-0.25, -0.2) is 0 Å². The predicted octanol–water partition coefficient (Wildman–Crippen LogP) is 5.27. The number of nitrogens with two attached hydrogens (primary N) is 1. The van der Waals surface area contributed by atoms with E-state index in [1.165, 1.54) is 73.0 Å². The topological polar surface area (TPSA) is 97.8 Å². The van der Waals surface area contributed by atoms with Crippen molar-refractivity contribution in [3.8, 4) is 17.1 Å². The van der Waals surface area contributed by atoms with Gasteiger partial charge in [-0.15, -0.1) is 15.3 Å². The Labute approximate surface area is 229 Å². The third-order valence-corrected chi connectivity index (χ3v) is 8.74. The summed E-state index contributed by atoms with van der Waals surface area (Å²) in [4.78, 5) is 7.23. The Bertz CT molecular complexity index is 1490. The summed E-state index contributed by atoms with van der Waals surface area (Å²) in [5.74, 6) is 1.35. The van der Waals surface area contributed by atoms with Gasteiger partial charge in [0.25, 0.3) is 0 Å². The number of nitrogens with zero attached hydrogens (tertiary/aromatic N) is 6. The van der Waals surface area contributed by atoms with Gasteiger partial charge in [-0.3, -0.25) is 0 Å². The first kappa shape index (κ1) is 24.3. The van der Waals surface area contributed by atoms with E-state index in [0.717, 1.165) is 49.5 Å². The van der Waals surface area contributed by atoms with Crippen LogP contribution in [0.3, 0.4) is 0 Å². The van der Waals surface area contributed by atoms with Crippen LogP contribution in [-0.2, 0) is 25.7 Å². The highest BCUT2D eigenvalue weighted by molar-refractivity contribution is 5.68. The van der Waals surface area contributed by atoms with Crippen LogP contribution < -0.4 is 11.1 Å². The third-order valence-electron chi connectivity index (χ3n) is 8.74. The molecule has 0 saturated heterocycles. The fourth-order valence-corrected chi connectivity index (χ4v) is 6.72. The van der Waals surface area contributed by atoms with Crippen molar-refractivity contribution in [2.75, 3.05) is 24.1 Å². The highest BCUT2D eigenvalue weighted by atomic mass is 15.4. The van der Waals surface area contributed by atoms with E-state index in [4.69, 9.17) is 5.73 Å². The largest absolute Gasteiger partial charge is 0.368 e. The van der Waals surface area contributed by atoms with Crippen LogP contribution >= 0.6 is 0 Å². The second-order valence-electron chi connectivity index (χ2n) is 11.2. The zero-order valence-corrected chi connectivity index (χ0v) is 22.4. The minimum atomic E-state index is 0.291. The maximum Gasteiger partial charge on any atom is 0.248 e. The highest BCUT2D eigenvalue weighted by Gasteiger charge is 2.24. The number of fused-ring (bicyclic) bond motifs is 4. The molecule has 4 aromatic rings. The smallest absolute Gasteiger partial charge is 0.248 e. The van der Waals surface area contributed by atoms with Gasteiger partial charge >= 0.3 is 0 Å². The molecule has 1 fully saturated rings. The van der Waals surface area contributed by atoms with Gasteiger partial charge in [0.05, 0.1) is 5.69 Å². The quantitative estimate of drug-likeness (QED) is 0.378. The number of aryl methyl sites for hydroxylation is 3. The lowest BCUT2D eigenvalue weighted by molar-refractivity contribution is 0.195. The number of nitrogen functional groups attached to an aromatic ring is 1. The van der Waals surface area contributed by atoms with Crippen molar-refractivity contribution in [1.82, 2.24) is 29.9 Å². The van der Waals surface area contributed by atoms with Gasteiger partial charge in [-0.1, -0.05) is 43.2 Å². The number of hydrogen-bond donors (Lipinski definition) is 2. The van der Waals surface area contributed by atoms with Crippen molar-refractivity contribution in [3.05, 3.63) is 70.8 Å². The standard InChI is InChI=1S/C31H36N8/c32-30-34-31(33-25-15-14-21-16-18-38(26-11-2-3-12-26)17-6-10-23(21)19-25)37-39(30)28-20-24-9-5-8-22-7-1-4-13-27(22)29(24)36-35-28/h1,4,7,13-15,19-20,26H,2-3,5-6,8-12,16-18H2,(H3,32,33,34,37). The number of benzene rings is 2. The molecule has 2 aromatic heterocycles. The maximum atomic E-state index is 6.30. The van der Waals surface area contributed by atoms with Crippen molar-refractivity contribution < 1.29 is 0 Å². The molecule has 39 heavy (non-hydrogen) atoms. The van der Waals surface area contributed by atoms with Gasteiger partial charge in [0, 0.05) is 23.8 Å². The molecular formula is C31H36N8. The number of nitrogens with one attached hydrogen (secondary N) is 1. The van der Waals surface area contributed by atoms with Crippen molar-refractivity contribution in [3.63, 3.8) is 0 Å². The van der Waals surface area contributed by atoms with Crippen LogP contribution in [-0.4, -0.2) is 49.0 Å². The van der Waals surface area contributed by atoms with Gasteiger partial charge in [0.1, 0.15) is 0 Å². The van der Waals surface area contributed by atoms with Crippen molar-refractivity contribution >= 4 is 17.6 Å². The molecule has 0 radical (unpaired) electrons. The normalized spacial score (nSPS) is 17.9. The predicted molar refractivity (Wildman–Crippen MR) is 154 cm³/mol. The Morgan fingerprint density at radius 3 is 2.54 bits per heavy atom. The SMILES string of the molecule is Nc1nc(Nc2ccc3c(c2)CCCN(C2CCCC2)CC3)nn1-c1cc2c(nn1)-c1ccccc1CCC2. The molecule has 0 atom stereocenters. The van der Waals surface area contributed by atoms with Crippen LogP contribution in [0.1, 0.15) is 60.8 Å². The second kappa shape index (κ2) is 10.4. The van der Waals surface area contributed by atoms with Crippen LogP contribution in [0.4, 0.5) is 17.6 Å². The Kier molecular flexibility index (Phi) is 6.48. The van der Waals surface area contributed by atoms with Gasteiger partial charge < -0.3 is 16.0 Å². The van der Waals surface area contributed by atoms with Crippen molar-refractivity contribution in [1.29, 1.82) is 0 Å². The van der Waals surface area contributed by atoms with Crippen LogP contribution in [0, 0.1) is 0 Å². The first-order chi connectivity index (χ1) is 19.2. The van der Waals surface area contributed by atoms with E-state index < -0.39 is 0 Å². The zero-order valence-electron chi connectivity index (χ0n) is 22.4. The third kappa shape index (κ3) is 4.89. The van der Waals surface area contributed by atoms with E-state index in [-0.39, 0.29) is 0 Å². The molecule has 8 heteroatoms. The first-order valence-electron chi connectivity index (χ1n) is 14.5. The number of aromatic nitrogens is 5. The summed E-state index contributed by atoms with van der Waals surface area (Å²) in [7, 11) is 0. The number of anilines is 3.